The van der Waals surface area contributed by atoms with Gasteiger partial charge < -0.3 is 9.15 Å². The Morgan fingerprint density at radius 2 is 2.32 bits per heavy atom. The third kappa shape index (κ3) is 2.08. The molecule has 0 radical (unpaired) electrons. The van der Waals surface area contributed by atoms with Gasteiger partial charge in [0.25, 0.3) is 0 Å². The number of halogens is 2. The highest BCUT2D eigenvalue weighted by Crippen LogP contribution is 2.32. The molecule has 0 aliphatic heterocycles. The molecule has 1 aromatic carbocycles. The fourth-order valence-corrected chi connectivity index (χ4v) is 1.99. The fraction of sp³-hybridized carbons (Fsp3) is 0.250. The van der Waals surface area contributed by atoms with Crippen LogP contribution in [-0.4, -0.2) is 17.6 Å². The molecule has 0 aliphatic carbocycles. The zero-order chi connectivity index (χ0) is 14.2. The first kappa shape index (κ1) is 13.5. The van der Waals surface area contributed by atoms with Crippen LogP contribution >= 0.6 is 15.9 Å². The average Bonchev–Trinajstić information content (AvgIpc) is 2.82. The summed E-state index contributed by atoms with van der Waals surface area (Å²) in [6.45, 7) is 3.35. The van der Waals surface area contributed by atoms with Gasteiger partial charge in [0, 0.05) is 0 Å². The Balaban J connectivity index is 2.76. The lowest BCUT2D eigenvalue weighted by molar-refractivity contribution is 0.0483. The molecule has 19 heavy (non-hydrogen) atoms. The molecular weight excluding hydrogens is 319 g/mol. The Morgan fingerprint density at radius 3 is 2.89 bits per heavy atom. The molecule has 0 amide bonds. The Kier molecular flexibility index (Phi) is 3.53. The first-order valence-corrected chi connectivity index (χ1v) is 6.15. The zero-order valence-electron chi connectivity index (χ0n) is 10.1. The summed E-state index contributed by atoms with van der Waals surface area (Å²) in [4.78, 5) is 15.3. The topological polar surface area (TPSA) is 76.1 Å². The summed E-state index contributed by atoms with van der Waals surface area (Å²) < 4.78 is 23.9. The quantitative estimate of drug-likeness (QED) is 0.792. The molecule has 0 saturated carbocycles. The largest absolute Gasteiger partial charge is 0.459 e. The third-order valence-electron chi connectivity index (χ3n) is 2.52. The third-order valence-corrected chi connectivity index (χ3v) is 3.46. The van der Waals surface area contributed by atoms with Crippen molar-refractivity contribution in [3.8, 4) is 6.07 Å². The molecule has 5 nitrogen and oxygen atoms in total. The van der Waals surface area contributed by atoms with Crippen LogP contribution in [0.3, 0.4) is 0 Å². The molecule has 98 valence electrons. The van der Waals surface area contributed by atoms with Crippen molar-refractivity contribution in [2.75, 3.05) is 6.61 Å². The highest BCUT2D eigenvalue weighted by molar-refractivity contribution is 9.10. The van der Waals surface area contributed by atoms with Gasteiger partial charge in [-0.3, -0.25) is 0 Å². The van der Waals surface area contributed by atoms with E-state index in [1.54, 1.807) is 13.8 Å². The average molecular weight is 327 g/mol. The van der Waals surface area contributed by atoms with E-state index in [-0.39, 0.29) is 33.6 Å². The number of carbonyl (C=O) groups is 1. The number of rotatable bonds is 2. The number of nitriles is 1. The minimum Gasteiger partial charge on any atom is -0.459 e. The van der Waals surface area contributed by atoms with E-state index >= 15 is 0 Å². The van der Waals surface area contributed by atoms with Crippen LogP contribution in [0, 0.1) is 24.1 Å². The van der Waals surface area contributed by atoms with Crippen molar-refractivity contribution in [2.45, 2.75) is 13.8 Å². The number of hydrogen-bond donors (Lipinski definition) is 0. The predicted octanol–water partition coefficient (Wildman–Crippen LogP) is 3.09. The number of benzene rings is 1. The zero-order valence-corrected chi connectivity index (χ0v) is 11.7. The Labute approximate surface area is 116 Å². The van der Waals surface area contributed by atoms with Gasteiger partial charge in [-0.05, 0) is 35.3 Å². The Morgan fingerprint density at radius 1 is 1.63 bits per heavy atom. The normalized spacial score (nSPS) is 10.5. The number of nitrogens with zero attached hydrogens (tertiary/aromatic N) is 2. The molecule has 0 aliphatic rings. The van der Waals surface area contributed by atoms with Gasteiger partial charge in [-0.15, -0.1) is 0 Å². The van der Waals surface area contributed by atoms with Gasteiger partial charge in [-0.1, -0.05) is 0 Å². The van der Waals surface area contributed by atoms with Crippen molar-refractivity contribution in [2.24, 2.45) is 0 Å². The van der Waals surface area contributed by atoms with Crippen LogP contribution in [0.5, 0.6) is 0 Å². The van der Waals surface area contributed by atoms with Gasteiger partial charge >= 0.3 is 11.9 Å². The number of hydrogen-bond acceptors (Lipinski definition) is 5. The summed E-state index contributed by atoms with van der Waals surface area (Å²) in [5.41, 5.74) is 0.333. The van der Waals surface area contributed by atoms with Gasteiger partial charge in [0.05, 0.1) is 16.6 Å². The Bertz CT molecular complexity index is 718. The number of oxazole rings is 1. The molecule has 2 aromatic rings. The van der Waals surface area contributed by atoms with E-state index in [9.17, 15) is 9.18 Å². The monoisotopic (exact) mass is 326 g/mol. The second-order valence-corrected chi connectivity index (χ2v) is 4.45. The van der Waals surface area contributed by atoms with Crippen molar-refractivity contribution < 1.29 is 18.3 Å². The van der Waals surface area contributed by atoms with E-state index in [2.05, 4.69) is 20.9 Å². The lowest BCUT2D eigenvalue weighted by atomic mass is 10.1. The summed E-state index contributed by atoms with van der Waals surface area (Å²) in [5.74, 6) is -1.87. The van der Waals surface area contributed by atoms with Crippen molar-refractivity contribution >= 4 is 33.0 Å². The smallest absolute Gasteiger partial charge is 0.394 e. The standard InChI is InChI=1S/C12H8BrFN2O3/c1-3-18-12(17)11-16-9-6(4-15)5(2)7(13)8(14)10(9)19-11/h3H2,1-2H3. The predicted molar refractivity (Wildman–Crippen MR) is 67.1 cm³/mol. The van der Waals surface area contributed by atoms with Crippen molar-refractivity contribution in [1.29, 1.82) is 5.26 Å². The molecule has 7 heteroatoms. The minimum atomic E-state index is -0.796. The van der Waals surface area contributed by atoms with Crippen LogP contribution in [-0.2, 0) is 4.74 Å². The molecule has 1 heterocycles. The number of fused-ring (bicyclic) bond motifs is 1. The summed E-state index contributed by atoms with van der Waals surface area (Å²) in [5, 5.41) is 9.09. The van der Waals surface area contributed by atoms with E-state index < -0.39 is 11.8 Å². The van der Waals surface area contributed by atoms with Crippen LogP contribution < -0.4 is 0 Å². The number of carbonyl (C=O) groups excluding carboxylic acids is 1. The lowest BCUT2D eigenvalue weighted by Gasteiger charge is -2.02. The molecule has 1 aromatic heterocycles. The van der Waals surface area contributed by atoms with Crippen LogP contribution in [0.2, 0.25) is 0 Å². The SMILES string of the molecule is CCOC(=O)c1nc2c(C#N)c(C)c(Br)c(F)c2o1. The first-order chi connectivity index (χ1) is 9.01. The van der Waals surface area contributed by atoms with E-state index in [0.717, 1.165) is 0 Å². The summed E-state index contributed by atoms with van der Waals surface area (Å²) in [6.07, 6.45) is 0. The maximum absolute atomic E-state index is 14.0. The second-order valence-electron chi connectivity index (χ2n) is 3.66. The van der Waals surface area contributed by atoms with E-state index in [0.29, 0.717) is 5.56 Å². The van der Waals surface area contributed by atoms with Crippen LogP contribution in [0.15, 0.2) is 8.89 Å². The molecule has 0 atom stereocenters. The maximum atomic E-state index is 14.0. The fourth-order valence-electron chi connectivity index (χ4n) is 1.61. The molecule has 0 fully saturated rings. The molecule has 0 bridgehead atoms. The summed E-state index contributed by atoms with van der Waals surface area (Å²) in [7, 11) is 0. The van der Waals surface area contributed by atoms with Gasteiger partial charge in [0.15, 0.2) is 11.4 Å². The van der Waals surface area contributed by atoms with Gasteiger partial charge in [-0.25, -0.2) is 14.2 Å². The maximum Gasteiger partial charge on any atom is 0.394 e. The van der Waals surface area contributed by atoms with Gasteiger partial charge in [-0.2, -0.15) is 5.26 Å². The van der Waals surface area contributed by atoms with E-state index in [4.69, 9.17) is 14.4 Å². The van der Waals surface area contributed by atoms with E-state index in [1.165, 1.54) is 0 Å². The molecule has 0 spiro atoms. The Hall–Kier alpha value is -1.94. The highest BCUT2D eigenvalue weighted by atomic mass is 79.9. The number of ether oxygens (including phenoxy) is 1. The first-order valence-electron chi connectivity index (χ1n) is 5.36. The molecule has 0 N–H and O–H groups in total. The van der Waals surface area contributed by atoms with Crippen molar-refractivity contribution in [3.05, 3.63) is 27.3 Å². The molecule has 0 unspecified atom stereocenters. The van der Waals surface area contributed by atoms with Crippen LogP contribution in [0.1, 0.15) is 28.7 Å². The molecule has 0 saturated heterocycles. The lowest BCUT2D eigenvalue weighted by Crippen LogP contribution is -2.04. The minimum absolute atomic E-state index is 0.0174. The number of esters is 1. The number of aromatic nitrogens is 1. The van der Waals surface area contributed by atoms with E-state index in [1.807, 2.05) is 6.07 Å². The van der Waals surface area contributed by atoms with Crippen LogP contribution in [0.25, 0.3) is 11.1 Å². The van der Waals surface area contributed by atoms with Crippen LogP contribution in [0.4, 0.5) is 4.39 Å². The van der Waals surface area contributed by atoms with Crippen molar-refractivity contribution in [1.82, 2.24) is 4.98 Å². The molecular formula is C12H8BrFN2O3. The second kappa shape index (κ2) is 4.97. The van der Waals surface area contributed by atoms with Crippen molar-refractivity contribution in [3.63, 3.8) is 0 Å². The highest BCUT2D eigenvalue weighted by Gasteiger charge is 2.24. The summed E-state index contributed by atoms with van der Waals surface area (Å²) in [6, 6.07) is 1.92. The molecule has 2 rings (SSSR count). The summed E-state index contributed by atoms with van der Waals surface area (Å²) >= 11 is 3.04. The van der Waals surface area contributed by atoms with Gasteiger partial charge in [0.2, 0.25) is 0 Å². The van der Waals surface area contributed by atoms with Gasteiger partial charge in [0.1, 0.15) is 11.6 Å².